The molecule has 0 bridgehead atoms. The predicted molar refractivity (Wildman–Crippen MR) is 130 cm³/mol. The lowest BCUT2D eigenvalue weighted by atomic mass is 10.1. The molecule has 2 saturated carbocycles. The van der Waals surface area contributed by atoms with Gasteiger partial charge in [-0.2, -0.15) is 0 Å². The molecule has 0 heterocycles. The van der Waals surface area contributed by atoms with Crippen LogP contribution in [0.2, 0.25) is 0 Å². The van der Waals surface area contributed by atoms with Crippen molar-refractivity contribution >= 4 is 22.7 Å². The fourth-order valence-electron chi connectivity index (χ4n) is 4.81. The number of esters is 2. The quantitative estimate of drug-likeness (QED) is 0.258. The minimum absolute atomic E-state index is 0.0958. The maximum Gasteiger partial charge on any atom is 0.314 e. The predicted octanol–water partition coefficient (Wildman–Crippen LogP) is 6.26. The molecule has 34 heavy (non-hydrogen) atoms. The van der Waals surface area contributed by atoms with Crippen molar-refractivity contribution in [1.82, 2.24) is 0 Å². The molecule has 4 aromatic carbocycles. The van der Waals surface area contributed by atoms with Crippen LogP contribution in [0.1, 0.15) is 35.8 Å². The average Bonchev–Trinajstić information content (AvgIpc) is 3.79. The number of ether oxygens (including phenoxy) is 2. The SMILES string of the molecule is O=C(Oc1ccc2c(OC(=O)[C@@H]3C[C@@H]3c3ccccc3)cccc2c1)[C@@H]1C[C@@H]1c1ccccc1. The summed E-state index contributed by atoms with van der Waals surface area (Å²) in [5.74, 6) is 0.917. The van der Waals surface area contributed by atoms with Crippen LogP contribution in [0.3, 0.4) is 0 Å². The lowest BCUT2D eigenvalue weighted by Crippen LogP contribution is -2.12. The summed E-state index contributed by atoms with van der Waals surface area (Å²) < 4.78 is 11.5. The Bertz CT molecular complexity index is 1360. The van der Waals surface area contributed by atoms with Crippen LogP contribution in [-0.4, -0.2) is 11.9 Å². The highest BCUT2D eigenvalue weighted by molar-refractivity contribution is 5.92. The monoisotopic (exact) mass is 448 g/mol. The van der Waals surface area contributed by atoms with Gasteiger partial charge in [-0.25, -0.2) is 0 Å². The second-order valence-electron chi connectivity index (χ2n) is 9.20. The molecule has 4 heteroatoms. The smallest absolute Gasteiger partial charge is 0.314 e. The van der Waals surface area contributed by atoms with Crippen LogP contribution in [0.4, 0.5) is 0 Å². The first-order valence-electron chi connectivity index (χ1n) is 11.7. The van der Waals surface area contributed by atoms with Crippen molar-refractivity contribution in [2.45, 2.75) is 24.7 Å². The highest BCUT2D eigenvalue weighted by Gasteiger charge is 2.46. The summed E-state index contributed by atoms with van der Waals surface area (Å²) in [4.78, 5) is 25.4. The first-order chi connectivity index (χ1) is 16.7. The Morgan fingerprint density at radius 2 is 1.21 bits per heavy atom. The number of rotatable bonds is 6. The molecule has 4 atom stereocenters. The second-order valence-corrected chi connectivity index (χ2v) is 9.20. The zero-order chi connectivity index (χ0) is 23.1. The van der Waals surface area contributed by atoms with Gasteiger partial charge in [-0.3, -0.25) is 9.59 Å². The van der Waals surface area contributed by atoms with E-state index in [1.165, 1.54) is 11.1 Å². The molecule has 0 amide bonds. The van der Waals surface area contributed by atoms with E-state index in [0.717, 1.165) is 23.6 Å². The van der Waals surface area contributed by atoms with Gasteiger partial charge in [-0.1, -0.05) is 72.8 Å². The van der Waals surface area contributed by atoms with Crippen molar-refractivity contribution in [3.8, 4) is 11.5 Å². The number of hydrogen-bond acceptors (Lipinski definition) is 4. The number of benzene rings is 4. The molecule has 0 aromatic heterocycles. The van der Waals surface area contributed by atoms with Gasteiger partial charge < -0.3 is 9.47 Å². The number of hydrogen-bond donors (Lipinski definition) is 0. The van der Waals surface area contributed by atoms with Crippen LogP contribution in [-0.2, 0) is 9.59 Å². The summed E-state index contributed by atoms with van der Waals surface area (Å²) >= 11 is 0. The molecule has 4 aromatic rings. The van der Waals surface area contributed by atoms with E-state index in [0.29, 0.717) is 11.5 Å². The van der Waals surface area contributed by atoms with Gasteiger partial charge in [0.1, 0.15) is 11.5 Å². The van der Waals surface area contributed by atoms with Crippen LogP contribution in [0.5, 0.6) is 11.5 Å². The average molecular weight is 449 g/mol. The van der Waals surface area contributed by atoms with Crippen LogP contribution in [0.25, 0.3) is 10.8 Å². The molecule has 4 nitrogen and oxygen atoms in total. The van der Waals surface area contributed by atoms with E-state index in [9.17, 15) is 9.59 Å². The Labute approximate surface area is 198 Å². The van der Waals surface area contributed by atoms with Gasteiger partial charge in [0.15, 0.2) is 0 Å². The summed E-state index contributed by atoms with van der Waals surface area (Å²) in [6, 6.07) is 31.2. The third-order valence-corrected chi connectivity index (χ3v) is 6.88. The maximum atomic E-state index is 12.8. The minimum Gasteiger partial charge on any atom is -0.426 e. The van der Waals surface area contributed by atoms with Gasteiger partial charge in [-0.15, -0.1) is 0 Å². The zero-order valence-corrected chi connectivity index (χ0v) is 18.6. The van der Waals surface area contributed by atoms with Crippen molar-refractivity contribution in [2.75, 3.05) is 0 Å². The third-order valence-electron chi connectivity index (χ3n) is 6.88. The standard InChI is InChI=1S/C30H24O4/c31-29(26-17-24(26)19-8-3-1-4-9-19)33-22-14-15-23-21(16-22)12-7-13-28(23)34-30(32)27-18-25(27)20-10-5-2-6-11-20/h1-16,24-27H,17-18H2/t24-,25-,26-,27-/m1/s1. The van der Waals surface area contributed by atoms with Gasteiger partial charge in [-0.05, 0) is 65.5 Å². The number of carbonyl (C=O) groups is 2. The normalized spacial score (nSPS) is 22.7. The highest BCUT2D eigenvalue weighted by Crippen LogP contribution is 2.49. The fraction of sp³-hybridized carbons (Fsp3) is 0.200. The highest BCUT2D eigenvalue weighted by atomic mass is 16.5. The maximum absolute atomic E-state index is 12.8. The van der Waals surface area contributed by atoms with Crippen molar-refractivity contribution in [1.29, 1.82) is 0 Å². The Morgan fingerprint density at radius 3 is 1.82 bits per heavy atom. The fourth-order valence-corrected chi connectivity index (χ4v) is 4.81. The molecule has 2 fully saturated rings. The molecule has 2 aliphatic carbocycles. The summed E-state index contributed by atoms with van der Waals surface area (Å²) in [6.45, 7) is 0. The Balaban J connectivity index is 1.13. The lowest BCUT2D eigenvalue weighted by Gasteiger charge is -2.10. The molecule has 0 radical (unpaired) electrons. The van der Waals surface area contributed by atoms with Gasteiger partial charge in [0.25, 0.3) is 0 Å². The molecular formula is C30H24O4. The number of fused-ring (bicyclic) bond motifs is 1. The molecule has 168 valence electrons. The molecule has 0 N–H and O–H groups in total. The topological polar surface area (TPSA) is 52.6 Å². The van der Waals surface area contributed by atoms with E-state index in [2.05, 4.69) is 24.3 Å². The van der Waals surface area contributed by atoms with E-state index < -0.39 is 0 Å². The van der Waals surface area contributed by atoms with Crippen LogP contribution < -0.4 is 9.47 Å². The van der Waals surface area contributed by atoms with Gasteiger partial charge in [0.05, 0.1) is 11.8 Å². The summed E-state index contributed by atoms with van der Waals surface area (Å²) in [6.07, 6.45) is 1.64. The Hall–Kier alpha value is -3.92. The molecule has 6 rings (SSSR count). The lowest BCUT2D eigenvalue weighted by molar-refractivity contribution is -0.136. The van der Waals surface area contributed by atoms with E-state index in [4.69, 9.17) is 9.47 Å². The largest absolute Gasteiger partial charge is 0.426 e. The van der Waals surface area contributed by atoms with E-state index in [-0.39, 0.29) is 35.6 Å². The molecule has 0 spiro atoms. The van der Waals surface area contributed by atoms with Crippen molar-refractivity contribution in [3.05, 3.63) is 108 Å². The van der Waals surface area contributed by atoms with Gasteiger partial charge >= 0.3 is 11.9 Å². The van der Waals surface area contributed by atoms with Crippen LogP contribution >= 0.6 is 0 Å². The van der Waals surface area contributed by atoms with Crippen molar-refractivity contribution in [3.63, 3.8) is 0 Å². The van der Waals surface area contributed by atoms with E-state index >= 15 is 0 Å². The van der Waals surface area contributed by atoms with Crippen LogP contribution in [0, 0.1) is 11.8 Å². The molecule has 0 unspecified atom stereocenters. The molecule has 2 aliphatic rings. The van der Waals surface area contributed by atoms with E-state index in [1.54, 1.807) is 12.1 Å². The van der Waals surface area contributed by atoms with Crippen molar-refractivity contribution in [2.24, 2.45) is 11.8 Å². The Kier molecular flexibility index (Phi) is 5.14. The van der Waals surface area contributed by atoms with E-state index in [1.807, 2.05) is 60.7 Å². The summed E-state index contributed by atoms with van der Waals surface area (Å²) in [7, 11) is 0. The first-order valence-corrected chi connectivity index (χ1v) is 11.7. The second kappa shape index (κ2) is 8.45. The number of carbonyl (C=O) groups excluding carboxylic acids is 2. The molecule has 0 aliphatic heterocycles. The summed E-state index contributed by atoms with van der Waals surface area (Å²) in [5, 5.41) is 1.68. The Morgan fingerprint density at radius 1 is 0.618 bits per heavy atom. The molecule has 0 saturated heterocycles. The van der Waals surface area contributed by atoms with Crippen LogP contribution in [0.15, 0.2) is 97.1 Å². The van der Waals surface area contributed by atoms with Crippen molar-refractivity contribution < 1.29 is 19.1 Å². The minimum atomic E-state index is -0.198. The first kappa shape index (κ1) is 20.7. The van der Waals surface area contributed by atoms with Gasteiger partial charge in [0.2, 0.25) is 0 Å². The zero-order valence-electron chi connectivity index (χ0n) is 18.6. The third kappa shape index (κ3) is 4.08. The van der Waals surface area contributed by atoms with Gasteiger partial charge in [0, 0.05) is 5.39 Å². The molecular weight excluding hydrogens is 424 g/mol. The summed E-state index contributed by atoms with van der Waals surface area (Å²) in [5.41, 5.74) is 2.36.